The number of carbonyl (C=O) groups is 2. The van der Waals surface area contributed by atoms with Crippen LogP contribution < -0.4 is 0 Å². The number of hydrogen-bond donors (Lipinski definition) is 1. The largest absolute Gasteiger partial charge is 0.481 e. The molecule has 2 amide bonds. The van der Waals surface area contributed by atoms with Crippen molar-refractivity contribution in [1.82, 2.24) is 14.8 Å². The Labute approximate surface area is 119 Å². The lowest BCUT2D eigenvalue weighted by Gasteiger charge is -2.26. The number of urea groups is 1. The SMILES string of the molecule is CC(CN(C)C(=O)N(C)CCc1ccncc1)C(=O)O. The number of aliphatic carboxylic acids is 1. The minimum absolute atomic E-state index is 0.174. The van der Waals surface area contributed by atoms with Crippen molar-refractivity contribution in [3.63, 3.8) is 0 Å². The number of amides is 2. The van der Waals surface area contributed by atoms with Gasteiger partial charge in [0.15, 0.2) is 0 Å². The highest BCUT2D eigenvalue weighted by atomic mass is 16.4. The molecular weight excluding hydrogens is 258 g/mol. The average Bonchev–Trinajstić information content (AvgIpc) is 2.44. The lowest BCUT2D eigenvalue weighted by atomic mass is 10.2. The molecule has 6 nitrogen and oxygen atoms in total. The first-order valence-corrected chi connectivity index (χ1v) is 6.49. The zero-order valence-corrected chi connectivity index (χ0v) is 12.1. The Morgan fingerprint density at radius 3 is 2.40 bits per heavy atom. The summed E-state index contributed by atoms with van der Waals surface area (Å²) in [7, 11) is 3.33. The van der Waals surface area contributed by atoms with Crippen LogP contribution in [-0.4, -0.2) is 59.1 Å². The van der Waals surface area contributed by atoms with Crippen LogP contribution in [0.3, 0.4) is 0 Å². The van der Waals surface area contributed by atoms with Crippen LogP contribution in [0.4, 0.5) is 4.79 Å². The summed E-state index contributed by atoms with van der Waals surface area (Å²) in [4.78, 5) is 29.8. The second-order valence-corrected chi connectivity index (χ2v) is 4.93. The van der Waals surface area contributed by atoms with Gasteiger partial charge in [0.1, 0.15) is 0 Å². The van der Waals surface area contributed by atoms with Crippen molar-refractivity contribution in [3.8, 4) is 0 Å². The molecule has 0 radical (unpaired) electrons. The number of likely N-dealkylation sites (N-methyl/N-ethyl adjacent to an activating group) is 1. The summed E-state index contributed by atoms with van der Waals surface area (Å²) in [6.07, 6.45) is 4.18. The van der Waals surface area contributed by atoms with Gasteiger partial charge >= 0.3 is 12.0 Å². The third kappa shape index (κ3) is 4.87. The first-order chi connectivity index (χ1) is 9.41. The Hall–Kier alpha value is -2.11. The van der Waals surface area contributed by atoms with Gasteiger partial charge in [-0.3, -0.25) is 9.78 Å². The quantitative estimate of drug-likeness (QED) is 0.852. The van der Waals surface area contributed by atoms with Gasteiger partial charge in [0.25, 0.3) is 0 Å². The Morgan fingerprint density at radius 2 is 1.85 bits per heavy atom. The monoisotopic (exact) mass is 279 g/mol. The van der Waals surface area contributed by atoms with Gasteiger partial charge in [0.2, 0.25) is 0 Å². The molecular formula is C14H21N3O3. The molecule has 0 aliphatic carbocycles. The minimum Gasteiger partial charge on any atom is -0.481 e. The maximum Gasteiger partial charge on any atom is 0.319 e. The Bertz CT molecular complexity index is 450. The molecule has 1 N–H and O–H groups in total. The summed E-state index contributed by atoms with van der Waals surface area (Å²) >= 11 is 0. The topological polar surface area (TPSA) is 73.7 Å². The maximum atomic E-state index is 12.1. The first kappa shape index (κ1) is 15.9. The molecule has 0 spiro atoms. The minimum atomic E-state index is -0.899. The lowest BCUT2D eigenvalue weighted by Crippen LogP contribution is -2.42. The van der Waals surface area contributed by atoms with Gasteiger partial charge in [0, 0.05) is 39.6 Å². The van der Waals surface area contributed by atoms with Crippen LogP contribution in [0.5, 0.6) is 0 Å². The third-order valence-corrected chi connectivity index (χ3v) is 3.11. The molecule has 6 heteroatoms. The number of hydrogen-bond acceptors (Lipinski definition) is 3. The van der Waals surface area contributed by atoms with Crippen LogP contribution in [-0.2, 0) is 11.2 Å². The van der Waals surface area contributed by atoms with Crippen LogP contribution in [0.2, 0.25) is 0 Å². The van der Waals surface area contributed by atoms with Crippen molar-refractivity contribution in [1.29, 1.82) is 0 Å². The van der Waals surface area contributed by atoms with Crippen molar-refractivity contribution in [3.05, 3.63) is 30.1 Å². The van der Waals surface area contributed by atoms with Crippen LogP contribution in [0, 0.1) is 5.92 Å². The van der Waals surface area contributed by atoms with Gasteiger partial charge in [-0.25, -0.2) is 4.79 Å². The van der Waals surface area contributed by atoms with Crippen LogP contribution in [0.15, 0.2) is 24.5 Å². The van der Waals surface area contributed by atoms with E-state index in [0.29, 0.717) is 6.54 Å². The highest BCUT2D eigenvalue weighted by Crippen LogP contribution is 2.04. The van der Waals surface area contributed by atoms with Crippen molar-refractivity contribution in [2.24, 2.45) is 5.92 Å². The summed E-state index contributed by atoms with van der Waals surface area (Å²) < 4.78 is 0. The van der Waals surface area contributed by atoms with E-state index in [2.05, 4.69) is 4.98 Å². The molecule has 1 aromatic heterocycles. The number of carboxylic acid groups (broad SMARTS) is 1. The zero-order chi connectivity index (χ0) is 15.1. The number of carbonyl (C=O) groups excluding carboxylic acids is 1. The van der Waals surface area contributed by atoms with Crippen molar-refractivity contribution in [2.45, 2.75) is 13.3 Å². The molecule has 0 aliphatic rings. The molecule has 1 rings (SSSR count). The second-order valence-electron chi connectivity index (χ2n) is 4.93. The smallest absolute Gasteiger partial charge is 0.319 e. The summed E-state index contributed by atoms with van der Waals surface area (Å²) in [5.41, 5.74) is 1.11. The van der Waals surface area contributed by atoms with Gasteiger partial charge in [-0.2, -0.15) is 0 Å². The van der Waals surface area contributed by atoms with E-state index in [1.54, 1.807) is 38.3 Å². The molecule has 1 atom stereocenters. The molecule has 0 aliphatic heterocycles. The Morgan fingerprint density at radius 1 is 1.25 bits per heavy atom. The van der Waals surface area contributed by atoms with E-state index in [-0.39, 0.29) is 12.6 Å². The molecule has 0 aromatic carbocycles. The molecule has 1 aromatic rings. The lowest BCUT2D eigenvalue weighted by molar-refractivity contribution is -0.141. The Balaban J connectivity index is 2.44. The molecule has 0 bridgehead atoms. The predicted octanol–water partition coefficient (Wildman–Crippen LogP) is 1.33. The summed E-state index contributed by atoms with van der Waals surface area (Å²) in [6, 6.07) is 3.65. The molecule has 1 heterocycles. The zero-order valence-electron chi connectivity index (χ0n) is 12.1. The van der Waals surface area contributed by atoms with Crippen LogP contribution in [0.1, 0.15) is 12.5 Å². The van der Waals surface area contributed by atoms with E-state index in [1.165, 1.54) is 4.90 Å². The van der Waals surface area contributed by atoms with E-state index >= 15 is 0 Å². The van der Waals surface area contributed by atoms with Crippen LogP contribution >= 0.6 is 0 Å². The van der Waals surface area contributed by atoms with Crippen molar-refractivity contribution in [2.75, 3.05) is 27.2 Å². The number of rotatable bonds is 6. The molecule has 0 saturated carbocycles. The van der Waals surface area contributed by atoms with E-state index in [9.17, 15) is 9.59 Å². The normalized spacial score (nSPS) is 11.8. The van der Waals surface area contributed by atoms with Gasteiger partial charge in [-0.05, 0) is 24.1 Å². The fraction of sp³-hybridized carbons (Fsp3) is 0.500. The maximum absolute atomic E-state index is 12.1. The fourth-order valence-corrected chi connectivity index (χ4v) is 1.80. The highest BCUT2D eigenvalue weighted by molar-refractivity contribution is 5.75. The average molecular weight is 279 g/mol. The molecule has 110 valence electrons. The van der Waals surface area contributed by atoms with E-state index < -0.39 is 11.9 Å². The fourth-order valence-electron chi connectivity index (χ4n) is 1.80. The molecule has 1 unspecified atom stereocenters. The number of pyridine rings is 1. The molecule has 0 saturated heterocycles. The van der Waals surface area contributed by atoms with Crippen molar-refractivity contribution >= 4 is 12.0 Å². The number of carboxylic acids is 1. The van der Waals surface area contributed by atoms with E-state index in [1.807, 2.05) is 12.1 Å². The van der Waals surface area contributed by atoms with Gasteiger partial charge in [-0.1, -0.05) is 6.92 Å². The first-order valence-electron chi connectivity index (χ1n) is 6.49. The van der Waals surface area contributed by atoms with E-state index in [0.717, 1.165) is 12.0 Å². The van der Waals surface area contributed by atoms with Crippen molar-refractivity contribution < 1.29 is 14.7 Å². The number of nitrogens with zero attached hydrogens (tertiary/aromatic N) is 3. The van der Waals surface area contributed by atoms with Crippen LogP contribution in [0.25, 0.3) is 0 Å². The highest BCUT2D eigenvalue weighted by Gasteiger charge is 2.19. The summed E-state index contributed by atoms with van der Waals surface area (Å²) in [6.45, 7) is 2.37. The van der Waals surface area contributed by atoms with Gasteiger partial charge in [-0.15, -0.1) is 0 Å². The molecule has 20 heavy (non-hydrogen) atoms. The summed E-state index contributed by atoms with van der Waals surface area (Å²) in [5, 5.41) is 8.85. The summed E-state index contributed by atoms with van der Waals surface area (Å²) in [5.74, 6) is -1.47. The second kappa shape index (κ2) is 7.47. The Kier molecular flexibility index (Phi) is 5.96. The third-order valence-electron chi connectivity index (χ3n) is 3.11. The predicted molar refractivity (Wildman–Crippen MR) is 75.4 cm³/mol. The van der Waals surface area contributed by atoms with E-state index in [4.69, 9.17) is 5.11 Å². The number of aromatic nitrogens is 1. The van der Waals surface area contributed by atoms with Gasteiger partial charge in [0.05, 0.1) is 5.92 Å². The van der Waals surface area contributed by atoms with Gasteiger partial charge < -0.3 is 14.9 Å². The molecule has 0 fully saturated rings. The standard InChI is InChI=1S/C14H21N3O3/c1-11(13(18)19)10-17(3)14(20)16(2)9-6-12-4-7-15-8-5-12/h4-5,7-8,11H,6,9-10H2,1-3H3,(H,18,19).